The van der Waals surface area contributed by atoms with E-state index in [-0.39, 0.29) is 18.2 Å². The minimum Gasteiger partial charge on any atom is -0.393 e. The highest BCUT2D eigenvalue weighted by Gasteiger charge is 2.24. The second-order valence-corrected chi connectivity index (χ2v) is 6.11. The van der Waals surface area contributed by atoms with Gasteiger partial charge in [-0.3, -0.25) is 0 Å². The summed E-state index contributed by atoms with van der Waals surface area (Å²) in [6, 6.07) is 0.208. The van der Waals surface area contributed by atoms with E-state index in [0.717, 1.165) is 31.6 Å². The van der Waals surface area contributed by atoms with Gasteiger partial charge in [0.15, 0.2) is 0 Å². The number of hydrogen-bond acceptors (Lipinski definition) is 2. The molecule has 104 valence electrons. The van der Waals surface area contributed by atoms with Crippen LogP contribution in [0.25, 0.3) is 0 Å². The van der Waals surface area contributed by atoms with Crippen LogP contribution in [-0.2, 0) is 0 Å². The van der Waals surface area contributed by atoms with E-state index >= 15 is 0 Å². The Balaban J connectivity index is 1.53. The minimum absolute atomic E-state index is 0.0558. The molecular weight excluding hydrogens is 228 g/mol. The molecule has 0 bridgehead atoms. The van der Waals surface area contributed by atoms with Crippen LogP contribution in [0.4, 0.5) is 4.79 Å². The molecule has 2 fully saturated rings. The van der Waals surface area contributed by atoms with Crippen molar-refractivity contribution in [2.45, 2.75) is 64.0 Å². The molecule has 2 saturated carbocycles. The molecule has 2 aliphatic rings. The Kier molecular flexibility index (Phi) is 4.87. The molecule has 0 aliphatic heterocycles. The zero-order valence-corrected chi connectivity index (χ0v) is 11.3. The summed E-state index contributed by atoms with van der Waals surface area (Å²) in [6.45, 7) is 2.76. The zero-order valence-electron chi connectivity index (χ0n) is 11.3. The summed E-state index contributed by atoms with van der Waals surface area (Å²) in [5.74, 6) is 1.38. The Hall–Kier alpha value is -0.770. The van der Waals surface area contributed by atoms with Crippen LogP contribution in [-0.4, -0.2) is 29.8 Å². The second kappa shape index (κ2) is 6.41. The average molecular weight is 254 g/mol. The summed E-state index contributed by atoms with van der Waals surface area (Å²) in [5, 5.41) is 15.3. The third kappa shape index (κ3) is 4.84. The summed E-state index contributed by atoms with van der Waals surface area (Å²) < 4.78 is 0. The van der Waals surface area contributed by atoms with Crippen LogP contribution in [0.15, 0.2) is 0 Å². The average Bonchev–Trinajstić information content (AvgIpc) is 3.06. The molecule has 3 N–H and O–H groups in total. The van der Waals surface area contributed by atoms with Crippen molar-refractivity contribution < 1.29 is 9.90 Å². The van der Waals surface area contributed by atoms with Gasteiger partial charge in [0, 0.05) is 12.6 Å². The topological polar surface area (TPSA) is 61.4 Å². The monoisotopic (exact) mass is 254 g/mol. The molecule has 2 aliphatic carbocycles. The van der Waals surface area contributed by atoms with Crippen molar-refractivity contribution in [3.63, 3.8) is 0 Å². The summed E-state index contributed by atoms with van der Waals surface area (Å²) in [4.78, 5) is 11.7. The van der Waals surface area contributed by atoms with Crippen molar-refractivity contribution in [1.82, 2.24) is 10.6 Å². The maximum atomic E-state index is 11.7. The first-order valence-corrected chi connectivity index (χ1v) is 7.36. The number of aliphatic hydroxyl groups is 1. The van der Waals surface area contributed by atoms with Gasteiger partial charge in [-0.2, -0.15) is 0 Å². The summed E-state index contributed by atoms with van der Waals surface area (Å²) in [6.07, 6.45) is 7.67. The van der Waals surface area contributed by atoms with Gasteiger partial charge in [0.25, 0.3) is 0 Å². The van der Waals surface area contributed by atoms with Crippen molar-refractivity contribution in [3.05, 3.63) is 0 Å². The Labute approximate surface area is 110 Å². The number of carbonyl (C=O) groups excluding carboxylic acids is 1. The molecule has 0 heterocycles. The van der Waals surface area contributed by atoms with E-state index in [1.165, 1.54) is 19.3 Å². The summed E-state index contributed by atoms with van der Waals surface area (Å²) in [7, 11) is 0. The van der Waals surface area contributed by atoms with E-state index in [1.54, 1.807) is 0 Å². The Morgan fingerprint density at radius 1 is 1.28 bits per heavy atom. The van der Waals surface area contributed by atoms with Crippen LogP contribution in [0.5, 0.6) is 0 Å². The van der Waals surface area contributed by atoms with Crippen LogP contribution in [0, 0.1) is 11.8 Å². The van der Waals surface area contributed by atoms with Crippen LogP contribution < -0.4 is 10.6 Å². The SMILES string of the molecule is C[C@H](CCC1CC1)NC(=O)NC[C@@H]1CC[C@H](O)C1. The quantitative estimate of drug-likeness (QED) is 0.679. The fourth-order valence-electron chi connectivity index (χ4n) is 2.71. The molecule has 2 rings (SSSR count). The largest absolute Gasteiger partial charge is 0.393 e. The first kappa shape index (κ1) is 13.7. The lowest BCUT2D eigenvalue weighted by molar-refractivity contribution is 0.177. The molecule has 0 aromatic heterocycles. The molecule has 0 radical (unpaired) electrons. The maximum absolute atomic E-state index is 11.7. The van der Waals surface area contributed by atoms with Crippen LogP contribution in [0.3, 0.4) is 0 Å². The van der Waals surface area contributed by atoms with Gasteiger partial charge in [-0.1, -0.05) is 12.8 Å². The lowest BCUT2D eigenvalue weighted by Crippen LogP contribution is -2.42. The van der Waals surface area contributed by atoms with Gasteiger partial charge in [-0.05, 0) is 50.9 Å². The summed E-state index contributed by atoms with van der Waals surface area (Å²) >= 11 is 0. The third-order valence-corrected chi connectivity index (χ3v) is 4.15. The van der Waals surface area contributed by atoms with E-state index in [1.807, 2.05) is 0 Å². The fraction of sp³-hybridized carbons (Fsp3) is 0.929. The first-order chi connectivity index (χ1) is 8.63. The Bertz CT molecular complexity index is 279. The van der Waals surface area contributed by atoms with E-state index in [2.05, 4.69) is 17.6 Å². The molecule has 0 aromatic rings. The van der Waals surface area contributed by atoms with Crippen molar-refractivity contribution in [2.24, 2.45) is 11.8 Å². The fourth-order valence-corrected chi connectivity index (χ4v) is 2.71. The van der Waals surface area contributed by atoms with Crippen LogP contribution in [0.2, 0.25) is 0 Å². The van der Waals surface area contributed by atoms with Gasteiger partial charge in [0.05, 0.1) is 6.10 Å². The van der Waals surface area contributed by atoms with E-state index in [4.69, 9.17) is 0 Å². The number of nitrogens with one attached hydrogen (secondary N) is 2. The second-order valence-electron chi connectivity index (χ2n) is 6.11. The molecule has 0 spiro atoms. The zero-order chi connectivity index (χ0) is 13.0. The van der Waals surface area contributed by atoms with Crippen molar-refractivity contribution in [1.29, 1.82) is 0 Å². The minimum atomic E-state index is -0.155. The standard InChI is InChI=1S/C14H26N2O2/c1-10(2-3-11-4-5-11)16-14(18)15-9-12-6-7-13(17)8-12/h10-13,17H,2-9H2,1H3,(H2,15,16,18)/t10-,12-,13+/m1/s1. The first-order valence-electron chi connectivity index (χ1n) is 7.36. The van der Waals surface area contributed by atoms with Gasteiger partial charge in [-0.25, -0.2) is 4.79 Å². The van der Waals surface area contributed by atoms with Crippen LogP contribution >= 0.6 is 0 Å². The van der Waals surface area contributed by atoms with E-state index in [0.29, 0.717) is 12.5 Å². The number of hydrogen-bond donors (Lipinski definition) is 3. The molecule has 0 saturated heterocycles. The number of aliphatic hydroxyl groups excluding tert-OH is 1. The number of rotatable bonds is 6. The molecule has 18 heavy (non-hydrogen) atoms. The molecule has 3 atom stereocenters. The van der Waals surface area contributed by atoms with Crippen molar-refractivity contribution in [3.8, 4) is 0 Å². The Morgan fingerprint density at radius 3 is 2.61 bits per heavy atom. The van der Waals surface area contributed by atoms with Gasteiger partial charge < -0.3 is 15.7 Å². The van der Waals surface area contributed by atoms with Crippen molar-refractivity contribution >= 4 is 6.03 Å². The number of carbonyl (C=O) groups is 1. The summed E-state index contributed by atoms with van der Waals surface area (Å²) in [5.41, 5.74) is 0. The molecular formula is C14H26N2O2. The van der Waals surface area contributed by atoms with Crippen LogP contribution in [0.1, 0.15) is 51.9 Å². The van der Waals surface area contributed by atoms with Gasteiger partial charge in [0.2, 0.25) is 0 Å². The predicted octanol–water partition coefficient (Wildman–Crippen LogP) is 2.03. The Morgan fingerprint density at radius 2 is 2.00 bits per heavy atom. The van der Waals surface area contributed by atoms with Crippen molar-refractivity contribution in [2.75, 3.05) is 6.54 Å². The maximum Gasteiger partial charge on any atom is 0.315 e. The van der Waals surface area contributed by atoms with Gasteiger partial charge in [0.1, 0.15) is 0 Å². The predicted molar refractivity (Wildman–Crippen MR) is 71.3 cm³/mol. The highest BCUT2D eigenvalue weighted by molar-refractivity contribution is 5.74. The normalized spacial score (nSPS) is 29.0. The number of urea groups is 1. The van der Waals surface area contributed by atoms with E-state index in [9.17, 15) is 9.90 Å². The molecule has 2 amide bonds. The van der Waals surface area contributed by atoms with Gasteiger partial charge >= 0.3 is 6.03 Å². The third-order valence-electron chi connectivity index (χ3n) is 4.15. The molecule has 0 aromatic carbocycles. The van der Waals surface area contributed by atoms with Gasteiger partial charge in [-0.15, -0.1) is 0 Å². The molecule has 0 unspecified atom stereocenters. The number of amides is 2. The lowest BCUT2D eigenvalue weighted by Gasteiger charge is -2.16. The van der Waals surface area contributed by atoms with E-state index < -0.39 is 0 Å². The smallest absolute Gasteiger partial charge is 0.315 e. The highest BCUT2D eigenvalue weighted by atomic mass is 16.3. The molecule has 4 nitrogen and oxygen atoms in total. The highest BCUT2D eigenvalue weighted by Crippen LogP contribution is 2.33. The lowest BCUT2D eigenvalue weighted by atomic mass is 10.1. The molecule has 4 heteroatoms.